The van der Waals surface area contributed by atoms with E-state index in [0.717, 1.165) is 0 Å². The summed E-state index contributed by atoms with van der Waals surface area (Å²) in [6, 6.07) is 9.36. The summed E-state index contributed by atoms with van der Waals surface area (Å²) in [5.41, 5.74) is 5.26. The van der Waals surface area contributed by atoms with Gasteiger partial charge in [0.1, 0.15) is 16.4 Å². The lowest BCUT2D eigenvalue weighted by molar-refractivity contribution is -0.387. The first kappa shape index (κ1) is 13.4. The van der Waals surface area contributed by atoms with E-state index in [1.54, 1.807) is 18.2 Å². The number of nitro benzene ring substituents is 1. The van der Waals surface area contributed by atoms with Gasteiger partial charge in [-0.05, 0) is 18.2 Å². The van der Waals surface area contributed by atoms with Crippen LogP contribution >= 0.6 is 0 Å². The fourth-order valence-electron chi connectivity index (χ4n) is 1.62. The number of para-hydroxylation sites is 1. The Balaban J connectivity index is 2.22. The predicted molar refractivity (Wildman–Crippen MR) is 69.8 cm³/mol. The minimum Gasteiger partial charge on any atom is -0.464 e. The van der Waals surface area contributed by atoms with Crippen LogP contribution in [-0.4, -0.2) is 9.13 Å². The van der Waals surface area contributed by atoms with E-state index >= 15 is 0 Å². The van der Waals surface area contributed by atoms with Crippen LogP contribution in [0.5, 0.6) is 0 Å². The number of rotatable bonds is 5. The zero-order valence-corrected chi connectivity index (χ0v) is 10.8. The van der Waals surface area contributed by atoms with Gasteiger partial charge in [-0.3, -0.25) is 14.3 Å². The lowest BCUT2D eigenvalue weighted by atomic mass is 10.3. The summed E-state index contributed by atoms with van der Waals surface area (Å²) < 4.78 is 17.5. The third-order valence-electron chi connectivity index (χ3n) is 2.50. The van der Waals surface area contributed by atoms with E-state index < -0.39 is 15.7 Å². The Labute approximate surface area is 111 Å². The van der Waals surface area contributed by atoms with Gasteiger partial charge in [-0.15, -0.1) is 0 Å². The molecular formula is C12H12N2O4S. The van der Waals surface area contributed by atoms with Crippen molar-refractivity contribution in [2.45, 2.75) is 17.2 Å². The highest BCUT2D eigenvalue weighted by molar-refractivity contribution is 7.84. The first-order valence-corrected chi connectivity index (χ1v) is 6.83. The molecule has 7 heteroatoms. The van der Waals surface area contributed by atoms with Gasteiger partial charge in [-0.2, -0.15) is 0 Å². The summed E-state index contributed by atoms with van der Waals surface area (Å²) in [5, 5.41) is 10.9. The topological polar surface area (TPSA) is 99.4 Å². The standard InChI is InChI=1S/C12H12N2O4S/c13-7-9-5-6-10(18-9)8-19(17)12-4-2-1-3-11(12)14(15)16/h1-6H,7-8,13H2. The molecule has 1 unspecified atom stereocenters. The summed E-state index contributed by atoms with van der Waals surface area (Å²) in [4.78, 5) is 10.5. The minimum absolute atomic E-state index is 0.0881. The Morgan fingerprint density at radius 3 is 2.53 bits per heavy atom. The van der Waals surface area contributed by atoms with Gasteiger partial charge in [0.05, 0.1) is 28.0 Å². The van der Waals surface area contributed by atoms with Gasteiger partial charge in [-0.1, -0.05) is 12.1 Å². The Bertz CT molecular complexity index is 624. The van der Waals surface area contributed by atoms with E-state index in [0.29, 0.717) is 11.5 Å². The lowest BCUT2D eigenvalue weighted by Crippen LogP contribution is -2.00. The van der Waals surface area contributed by atoms with Crippen LogP contribution in [0.2, 0.25) is 0 Å². The minimum atomic E-state index is -1.53. The maximum Gasteiger partial charge on any atom is 0.285 e. The van der Waals surface area contributed by atoms with Gasteiger partial charge in [0, 0.05) is 6.07 Å². The summed E-state index contributed by atoms with van der Waals surface area (Å²) in [5.74, 6) is 1.18. The van der Waals surface area contributed by atoms with Gasteiger partial charge in [0.25, 0.3) is 5.69 Å². The molecule has 2 rings (SSSR count). The number of benzene rings is 1. The molecule has 1 aromatic carbocycles. The second kappa shape index (κ2) is 5.77. The third kappa shape index (κ3) is 3.07. The monoisotopic (exact) mass is 280 g/mol. The van der Waals surface area contributed by atoms with Crippen molar-refractivity contribution in [2.75, 3.05) is 0 Å². The molecule has 1 aromatic heterocycles. The number of nitrogens with zero attached hydrogens (tertiary/aromatic N) is 1. The molecule has 6 nitrogen and oxygen atoms in total. The third-order valence-corrected chi connectivity index (χ3v) is 3.88. The molecule has 100 valence electrons. The van der Waals surface area contributed by atoms with E-state index in [1.807, 2.05) is 0 Å². The second-order valence-electron chi connectivity index (χ2n) is 3.79. The second-order valence-corrected chi connectivity index (χ2v) is 5.21. The van der Waals surface area contributed by atoms with Crippen molar-refractivity contribution in [1.29, 1.82) is 0 Å². The van der Waals surface area contributed by atoms with Crippen LogP contribution in [0, 0.1) is 10.1 Å². The van der Waals surface area contributed by atoms with Crippen LogP contribution in [0.15, 0.2) is 45.7 Å². The molecule has 2 N–H and O–H groups in total. The van der Waals surface area contributed by atoms with Gasteiger partial charge in [0.2, 0.25) is 0 Å². The molecule has 1 heterocycles. The molecule has 0 bridgehead atoms. The highest BCUT2D eigenvalue weighted by Crippen LogP contribution is 2.23. The molecule has 0 aliphatic carbocycles. The molecule has 0 radical (unpaired) electrons. The Hall–Kier alpha value is -1.99. The Morgan fingerprint density at radius 2 is 1.89 bits per heavy atom. The average molecular weight is 280 g/mol. The smallest absolute Gasteiger partial charge is 0.285 e. The van der Waals surface area contributed by atoms with E-state index in [4.69, 9.17) is 10.2 Å². The van der Waals surface area contributed by atoms with Crippen molar-refractivity contribution >= 4 is 16.5 Å². The maximum atomic E-state index is 12.2. The molecule has 2 aromatic rings. The summed E-state index contributed by atoms with van der Waals surface area (Å²) in [6.07, 6.45) is 0. The molecule has 0 amide bonds. The van der Waals surface area contributed by atoms with Crippen molar-refractivity contribution < 1.29 is 13.5 Å². The van der Waals surface area contributed by atoms with Gasteiger partial charge in [0.15, 0.2) is 0 Å². The predicted octanol–water partition coefficient (Wildman–Crippen LogP) is 1.95. The fraction of sp³-hybridized carbons (Fsp3) is 0.167. The molecule has 19 heavy (non-hydrogen) atoms. The highest BCUT2D eigenvalue weighted by Gasteiger charge is 2.19. The zero-order valence-electron chi connectivity index (χ0n) is 9.94. The lowest BCUT2D eigenvalue weighted by Gasteiger charge is -2.01. The highest BCUT2D eigenvalue weighted by atomic mass is 32.2. The van der Waals surface area contributed by atoms with Gasteiger partial charge >= 0.3 is 0 Å². The van der Waals surface area contributed by atoms with Crippen LogP contribution in [0.1, 0.15) is 11.5 Å². The zero-order chi connectivity index (χ0) is 13.8. The van der Waals surface area contributed by atoms with Crippen molar-refractivity contribution in [3.63, 3.8) is 0 Å². The number of hydrogen-bond acceptors (Lipinski definition) is 5. The average Bonchev–Trinajstić information content (AvgIpc) is 2.86. The molecule has 0 aliphatic rings. The summed E-state index contributed by atoms with van der Waals surface area (Å²) in [6.45, 7) is 0.262. The molecule has 0 saturated heterocycles. The van der Waals surface area contributed by atoms with Crippen LogP contribution in [0.25, 0.3) is 0 Å². The number of furan rings is 1. The number of nitro groups is 1. The summed E-state index contributed by atoms with van der Waals surface area (Å²) >= 11 is 0. The van der Waals surface area contributed by atoms with E-state index in [-0.39, 0.29) is 22.9 Å². The first-order valence-electron chi connectivity index (χ1n) is 5.51. The van der Waals surface area contributed by atoms with Crippen molar-refractivity contribution in [3.8, 4) is 0 Å². The van der Waals surface area contributed by atoms with Gasteiger partial charge < -0.3 is 10.2 Å². The fourth-order valence-corrected chi connectivity index (χ4v) is 2.79. The Morgan fingerprint density at radius 1 is 1.21 bits per heavy atom. The van der Waals surface area contributed by atoms with Crippen LogP contribution in [0.3, 0.4) is 0 Å². The van der Waals surface area contributed by atoms with E-state index in [9.17, 15) is 14.3 Å². The van der Waals surface area contributed by atoms with Gasteiger partial charge in [-0.25, -0.2) is 0 Å². The van der Waals surface area contributed by atoms with Crippen LogP contribution < -0.4 is 5.73 Å². The largest absolute Gasteiger partial charge is 0.464 e. The van der Waals surface area contributed by atoms with Crippen molar-refractivity contribution in [2.24, 2.45) is 5.73 Å². The molecular weight excluding hydrogens is 268 g/mol. The van der Waals surface area contributed by atoms with Crippen molar-refractivity contribution in [1.82, 2.24) is 0 Å². The molecule has 1 atom stereocenters. The normalized spacial score (nSPS) is 12.3. The SMILES string of the molecule is NCc1ccc(CS(=O)c2ccccc2[N+](=O)[O-])o1. The van der Waals surface area contributed by atoms with E-state index in [1.165, 1.54) is 18.2 Å². The molecule has 0 saturated carbocycles. The van der Waals surface area contributed by atoms with E-state index in [2.05, 4.69) is 0 Å². The quantitative estimate of drug-likeness (QED) is 0.666. The van der Waals surface area contributed by atoms with Crippen LogP contribution in [-0.2, 0) is 23.1 Å². The summed E-state index contributed by atoms with van der Waals surface area (Å²) in [7, 11) is -1.53. The Kier molecular flexibility index (Phi) is 4.08. The molecule has 0 fully saturated rings. The molecule has 0 aliphatic heterocycles. The van der Waals surface area contributed by atoms with Crippen molar-refractivity contribution in [3.05, 3.63) is 58.0 Å². The maximum absolute atomic E-state index is 12.2. The molecule has 0 spiro atoms. The van der Waals surface area contributed by atoms with Crippen LogP contribution in [0.4, 0.5) is 5.69 Å². The number of nitrogens with two attached hydrogens (primary N) is 1. The number of hydrogen-bond donors (Lipinski definition) is 1. The first-order chi connectivity index (χ1) is 9.11.